The molecule has 0 unspecified atom stereocenters. The lowest BCUT2D eigenvalue weighted by Crippen LogP contribution is -2.12. The van der Waals surface area contributed by atoms with Crippen molar-refractivity contribution in [3.63, 3.8) is 0 Å². The Bertz CT molecular complexity index is 1200. The fraction of sp³-hybridized carbons (Fsp3) is 0.0556. The molecule has 0 aliphatic rings. The van der Waals surface area contributed by atoms with E-state index in [4.69, 9.17) is 4.42 Å². The lowest BCUT2D eigenvalue weighted by Gasteiger charge is -2.04. The SMILES string of the molecule is O=C(Nc1cccc(F)c1)c1csc(Nc2nc3cc(C(F)(F)F)ccc3o2)n1. The smallest absolute Gasteiger partial charge is 0.416 e. The Morgan fingerprint density at radius 2 is 1.93 bits per heavy atom. The molecule has 0 aliphatic carbocycles. The van der Waals surface area contributed by atoms with Crippen LogP contribution >= 0.6 is 11.3 Å². The molecule has 0 atom stereocenters. The Morgan fingerprint density at radius 1 is 1.10 bits per heavy atom. The van der Waals surface area contributed by atoms with E-state index in [1.807, 2.05) is 0 Å². The van der Waals surface area contributed by atoms with E-state index in [-0.39, 0.29) is 33.6 Å². The summed E-state index contributed by atoms with van der Waals surface area (Å²) >= 11 is 1.07. The number of amides is 1. The van der Waals surface area contributed by atoms with Gasteiger partial charge in [0.05, 0.1) is 5.56 Å². The second-order valence-electron chi connectivity index (χ2n) is 5.83. The highest BCUT2D eigenvalue weighted by Gasteiger charge is 2.31. The first-order chi connectivity index (χ1) is 13.8. The van der Waals surface area contributed by atoms with Crippen LogP contribution in [0.5, 0.6) is 0 Å². The first-order valence-corrected chi connectivity index (χ1v) is 8.93. The molecule has 29 heavy (non-hydrogen) atoms. The number of benzene rings is 2. The van der Waals surface area contributed by atoms with Gasteiger partial charge in [-0.05, 0) is 36.4 Å². The number of hydrogen-bond donors (Lipinski definition) is 2. The van der Waals surface area contributed by atoms with E-state index in [9.17, 15) is 22.4 Å². The second-order valence-corrected chi connectivity index (χ2v) is 6.68. The quantitative estimate of drug-likeness (QED) is 0.428. The number of halogens is 4. The summed E-state index contributed by atoms with van der Waals surface area (Å²) in [6.45, 7) is 0. The van der Waals surface area contributed by atoms with Gasteiger partial charge in [-0.1, -0.05) is 6.07 Å². The third-order valence-electron chi connectivity index (χ3n) is 3.75. The van der Waals surface area contributed by atoms with Crippen LogP contribution in [-0.4, -0.2) is 15.9 Å². The standard InChI is InChI=1S/C18H10F4N4O2S/c19-10-2-1-3-11(7-10)23-15(27)13-8-29-17(25-13)26-16-24-12-6-9(18(20,21)22)4-5-14(12)28-16/h1-8H,(H,23,27)(H,24,25,26). The van der Waals surface area contributed by atoms with Crippen LogP contribution in [-0.2, 0) is 6.18 Å². The van der Waals surface area contributed by atoms with Crippen molar-refractivity contribution in [1.82, 2.24) is 9.97 Å². The molecule has 148 valence electrons. The molecule has 0 spiro atoms. The highest BCUT2D eigenvalue weighted by molar-refractivity contribution is 7.14. The Labute approximate surface area is 164 Å². The van der Waals surface area contributed by atoms with Crippen LogP contribution in [0.1, 0.15) is 16.1 Å². The average molecular weight is 422 g/mol. The summed E-state index contributed by atoms with van der Waals surface area (Å²) in [5.41, 5.74) is -0.298. The summed E-state index contributed by atoms with van der Waals surface area (Å²) in [4.78, 5) is 20.2. The molecule has 0 fully saturated rings. The summed E-state index contributed by atoms with van der Waals surface area (Å²) < 4.78 is 56.9. The Morgan fingerprint density at radius 3 is 2.69 bits per heavy atom. The first kappa shape index (κ1) is 18.9. The fourth-order valence-electron chi connectivity index (χ4n) is 2.45. The molecule has 0 saturated carbocycles. The monoisotopic (exact) mass is 422 g/mol. The van der Waals surface area contributed by atoms with Crippen molar-refractivity contribution in [3.8, 4) is 0 Å². The summed E-state index contributed by atoms with van der Waals surface area (Å²) in [6.07, 6.45) is -4.49. The normalized spacial score (nSPS) is 11.6. The van der Waals surface area contributed by atoms with Crippen molar-refractivity contribution in [1.29, 1.82) is 0 Å². The number of carbonyl (C=O) groups is 1. The Hall–Kier alpha value is -3.47. The van der Waals surface area contributed by atoms with E-state index in [1.165, 1.54) is 29.6 Å². The van der Waals surface area contributed by atoms with Gasteiger partial charge in [0.2, 0.25) is 0 Å². The molecule has 2 N–H and O–H groups in total. The van der Waals surface area contributed by atoms with Crippen LogP contribution < -0.4 is 10.6 Å². The van der Waals surface area contributed by atoms with E-state index < -0.39 is 23.5 Å². The number of thiazole rings is 1. The molecular weight excluding hydrogens is 412 g/mol. The molecule has 11 heteroatoms. The zero-order valence-electron chi connectivity index (χ0n) is 14.2. The van der Waals surface area contributed by atoms with Gasteiger partial charge in [0, 0.05) is 11.1 Å². The van der Waals surface area contributed by atoms with Crippen LogP contribution in [0.4, 0.5) is 34.4 Å². The molecule has 2 aromatic heterocycles. The number of anilines is 3. The zero-order chi connectivity index (χ0) is 20.6. The maximum Gasteiger partial charge on any atom is 0.416 e. The second kappa shape index (κ2) is 7.17. The maximum absolute atomic E-state index is 13.2. The number of rotatable bonds is 4. The average Bonchev–Trinajstić information content (AvgIpc) is 3.27. The molecule has 6 nitrogen and oxygen atoms in total. The van der Waals surface area contributed by atoms with E-state index in [0.29, 0.717) is 0 Å². The summed E-state index contributed by atoms with van der Waals surface area (Å²) in [5.74, 6) is -1.04. The third kappa shape index (κ3) is 4.19. The van der Waals surface area contributed by atoms with Crippen LogP contribution in [0.3, 0.4) is 0 Å². The minimum absolute atomic E-state index is 0.0305. The van der Waals surface area contributed by atoms with Gasteiger partial charge in [-0.15, -0.1) is 11.3 Å². The van der Waals surface area contributed by atoms with E-state index in [0.717, 1.165) is 29.5 Å². The van der Waals surface area contributed by atoms with Gasteiger partial charge in [-0.2, -0.15) is 18.2 Å². The fourth-order valence-corrected chi connectivity index (χ4v) is 3.13. The Balaban J connectivity index is 1.49. The molecule has 2 heterocycles. The number of hydrogen-bond acceptors (Lipinski definition) is 6. The molecule has 4 aromatic rings. The summed E-state index contributed by atoms with van der Waals surface area (Å²) in [5, 5.41) is 6.93. The number of oxazole rings is 1. The van der Waals surface area contributed by atoms with Crippen molar-refractivity contribution >= 4 is 45.2 Å². The first-order valence-electron chi connectivity index (χ1n) is 8.05. The molecule has 0 radical (unpaired) electrons. The van der Waals surface area contributed by atoms with Gasteiger partial charge in [-0.3, -0.25) is 10.1 Å². The van der Waals surface area contributed by atoms with Crippen LogP contribution in [0, 0.1) is 5.82 Å². The molecule has 4 rings (SSSR count). The van der Waals surface area contributed by atoms with Crippen LogP contribution in [0.15, 0.2) is 52.3 Å². The minimum Gasteiger partial charge on any atom is -0.423 e. The minimum atomic E-state index is -4.49. The topological polar surface area (TPSA) is 80.0 Å². The lowest BCUT2D eigenvalue weighted by molar-refractivity contribution is -0.137. The molecule has 1 amide bonds. The molecule has 0 bridgehead atoms. The largest absolute Gasteiger partial charge is 0.423 e. The summed E-state index contributed by atoms with van der Waals surface area (Å²) in [6, 6.07) is 8.28. The Kier molecular flexibility index (Phi) is 4.66. The number of alkyl halides is 3. The van der Waals surface area contributed by atoms with Gasteiger partial charge in [-0.25, -0.2) is 9.37 Å². The highest BCUT2D eigenvalue weighted by Crippen LogP contribution is 2.32. The number of nitrogens with one attached hydrogen (secondary N) is 2. The van der Waals surface area contributed by atoms with Crippen molar-refractivity contribution in [2.24, 2.45) is 0 Å². The lowest BCUT2D eigenvalue weighted by atomic mass is 10.2. The highest BCUT2D eigenvalue weighted by atomic mass is 32.1. The van der Waals surface area contributed by atoms with Crippen molar-refractivity contribution < 1.29 is 26.8 Å². The molecule has 0 aliphatic heterocycles. The van der Waals surface area contributed by atoms with Crippen LogP contribution in [0.2, 0.25) is 0 Å². The van der Waals surface area contributed by atoms with Gasteiger partial charge in [0.25, 0.3) is 5.91 Å². The van der Waals surface area contributed by atoms with E-state index in [2.05, 4.69) is 20.6 Å². The van der Waals surface area contributed by atoms with Crippen LogP contribution in [0.25, 0.3) is 11.1 Å². The number of nitrogens with zero attached hydrogens (tertiary/aromatic N) is 2. The number of carbonyl (C=O) groups excluding carboxylic acids is 1. The van der Waals surface area contributed by atoms with Gasteiger partial charge in [0.15, 0.2) is 10.7 Å². The zero-order valence-corrected chi connectivity index (χ0v) is 15.1. The van der Waals surface area contributed by atoms with E-state index in [1.54, 1.807) is 0 Å². The van der Waals surface area contributed by atoms with E-state index >= 15 is 0 Å². The molecular formula is C18H10F4N4O2S. The van der Waals surface area contributed by atoms with Gasteiger partial charge < -0.3 is 9.73 Å². The predicted octanol–water partition coefficient (Wildman–Crippen LogP) is 5.44. The summed E-state index contributed by atoms with van der Waals surface area (Å²) in [7, 11) is 0. The van der Waals surface area contributed by atoms with Crippen molar-refractivity contribution in [2.75, 3.05) is 10.6 Å². The van der Waals surface area contributed by atoms with Crippen molar-refractivity contribution in [2.45, 2.75) is 6.18 Å². The number of aromatic nitrogens is 2. The third-order valence-corrected chi connectivity index (χ3v) is 4.51. The number of fused-ring (bicyclic) bond motifs is 1. The maximum atomic E-state index is 13.2. The van der Waals surface area contributed by atoms with Gasteiger partial charge >= 0.3 is 12.2 Å². The predicted molar refractivity (Wildman–Crippen MR) is 98.8 cm³/mol. The van der Waals surface area contributed by atoms with Gasteiger partial charge in [0.1, 0.15) is 17.0 Å². The molecule has 2 aromatic carbocycles. The molecule has 0 saturated heterocycles. The van der Waals surface area contributed by atoms with Crippen molar-refractivity contribution in [3.05, 3.63) is 64.9 Å².